The third-order valence-electron chi connectivity index (χ3n) is 7.04. The van der Waals surface area contributed by atoms with Crippen LogP contribution in [0.5, 0.6) is 5.75 Å². The fourth-order valence-corrected chi connectivity index (χ4v) is 9.30. The van der Waals surface area contributed by atoms with Gasteiger partial charge in [-0.1, -0.05) is 54.9 Å². The topological polar surface area (TPSA) is 77.4 Å². The number of rotatable bonds is 5. The molecule has 0 bridgehead atoms. The molecule has 7 nitrogen and oxygen atoms in total. The summed E-state index contributed by atoms with van der Waals surface area (Å²) in [6.45, 7) is 0. The van der Waals surface area contributed by atoms with Crippen LogP contribution in [0.3, 0.4) is 0 Å². The van der Waals surface area contributed by atoms with Gasteiger partial charge in [-0.25, -0.2) is 9.59 Å². The second-order valence-corrected chi connectivity index (χ2v) is 11.6. The van der Waals surface area contributed by atoms with Gasteiger partial charge in [0.15, 0.2) is 11.4 Å². The maximum absolute atomic E-state index is 13.6. The van der Waals surface area contributed by atoms with Crippen molar-refractivity contribution in [2.24, 2.45) is 4.99 Å². The average molecular weight is 513 g/mol. The first-order valence-electron chi connectivity index (χ1n) is 11.6. The van der Waals surface area contributed by atoms with E-state index in [4.69, 9.17) is 19.2 Å². The highest BCUT2D eigenvalue weighted by Gasteiger charge is 2.71. The van der Waals surface area contributed by atoms with E-state index in [2.05, 4.69) is 0 Å². The molecule has 2 aliphatic heterocycles. The van der Waals surface area contributed by atoms with Gasteiger partial charge in [-0.3, -0.25) is 4.99 Å². The number of nitrogens with zero attached hydrogens (tertiary/aromatic N) is 2. The van der Waals surface area contributed by atoms with Crippen LogP contribution in [-0.2, 0) is 19.1 Å². The van der Waals surface area contributed by atoms with Crippen molar-refractivity contribution in [2.45, 2.75) is 46.7 Å². The van der Waals surface area contributed by atoms with Gasteiger partial charge in [0.05, 0.1) is 31.9 Å². The molecular weight excluding hydrogens is 484 g/mol. The zero-order valence-electron chi connectivity index (χ0n) is 19.9. The maximum Gasteiger partial charge on any atom is 0.339 e. The van der Waals surface area contributed by atoms with E-state index < -0.39 is 27.0 Å². The Bertz CT molecular complexity index is 1130. The fourth-order valence-electron chi connectivity index (χ4n) is 5.39. The molecule has 2 aromatic carbocycles. The number of carbonyl (C=O) groups is 2. The Labute approximate surface area is 213 Å². The lowest BCUT2D eigenvalue weighted by Gasteiger charge is -2.41. The van der Waals surface area contributed by atoms with Crippen LogP contribution in [0.1, 0.15) is 31.2 Å². The van der Waals surface area contributed by atoms with Gasteiger partial charge in [-0.15, -0.1) is 11.8 Å². The molecule has 35 heavy (non-hydrogen) atoms. The molecule has 9 heteroatoms. The summed E-state index contributed by atoms with van der Waals surface area (Å²) in [6, 6.07) is 16.7. The third kappa shape index (κ3) is 3.80. The Hall–Kier alpha value is -2.65. The minimum Gasteiger partial charge on any atom is -0.497 e. The third-order valence-corrected chi connectivity index (χ3v) is 10.6. The molecule has 2 spiro atoms. The number of thioether (sulfide) groups is 2. The van der Waals surface area contributed by atoms with Gasteiger partial charge in [0.2, 0.25) is 0 Å². The standard InChI is InChI=1S/C26H28N2O5S2/c1-31-19-13-11-18(12-14-19)28-20(23(29)32-2)26(35-22(28)24(30)33-3)25(15-7-8-16-25)27-21(34-26)17-9-5-4-6-10-17/h4-6,9-14,20,22H,7-8,15-16H2,1-3H3/t20-,22-,26+/m0/s1. The predicted octanol–water partition coefficient (Wildman–Crippen LogP) is 4.49. The Morgan fingerprint density at radius 2 is 1.60 bits per heavy atom. The Kier molecular flexibility index (Phi) is 6.48. The molecule has 3 aliphatic rings. The van der Waals surface area contributed by atoms with Crippen LogP contribution >= 0.6 is 23.5 Å². The predicted molar refractivity (Wildman–Crippen MR) is 139 cm³/mol. The number of fused-ring (bicyclic) bond motifs is 1. The molecule has 0 unspecified atom stereocenters. The zero-order chi connectivity index (χ0) is 24.6. The molecule has 2 fully saturated rings. The lowest BCUT2D eigenvalue weighted by Crippen LogP contribution is -2.58. The number of esters is 2. The maximum atomic E-state index is 13.6. The molecule has 1 aliphatic carbocycles. The highest BCUT2D eigenvalue weighted by Crippen LogP contribution is 2.67. The summed E-state index contributed by atoms with van der Waals surface area (Å²) in [7, 11) is 4.39. The van der Waals surface area contributed by atoms with E-state index >= 15 is 0 Å². The molecule has 2 aromatic rings. The number of methoxy groups -OCH3 is 3. The molecule has 0 amide bonds. The van der Waals surface area contributed by atoms with Crippen molar-refractivity contribution in [3.05, 3.63) is 60.2 Å². The summed E-state index contributed by atoms with van der Waals surface area (Å²) >= 11 is 3.08. The van der Waals surface area contributed by atoms with Crippen LogP contribution in [0, 0.1) is 0 Å². The van der Waals surface area contributed by atoms with Crippen molar-refractivity contribution >= 4 is 46.2 Å². The summed E-state index contributed by atoms with van der Waals surface area (Å²) in [5.41, 5.74) is 1.24. The van der Waals surface area contributed by atoms with Gasteiger partial charge in [-0.2, -0.15) is 0 Å². The zero-order valence-corrected chi connectivity index (χ0v) is 21.6. The molecule has 1 saturated carbocycles. The van der Waals surface area contributed by atoms with E-state index in [9.17, 15) is 9.59 Å². The van der Waals surface area contributed by atoms with Crippen molar-refractivity contribution in [1.82, 2.24) is 0 Å². The molecule has 184 valence electrons. The average Bonchev–Trinajstić information content (AvgIpc) is 3.61. The minimum atomic E-state index is -0.749. The van der Waals surface area contributed by atoms with E-state index in [0.717, 1.165) is 42.0 Å². The van der Waals surface area contributed by atoms with Gasteiger partial charge in [-0.05, 0) is 37.1 Å². The number of hydrogen-bond donors (Lipinski definition) is 0. The molecule has 2 heterocycles. The quantitative estimate of drug-likeness (QED) is 0.543. The Morgan fingerprint density at radius 3 is 2.20 bits per heavy atom. The van der Waals surface area contributed by atoms with Gasteiger partial charge in [0.25, 0.3) is 0 Å². The fraction of sp³-hybridized carbons (Fsp3) is 0.423. The number of anilines is 1. The number of ether oxygens (including phenoxy) is 3. The van der Waals surface area contributed by atoms with E-state index in [1.54, 1.807) is 18.9 Å². The normalized spacial score (nSPS) is 26.7. The van der Waals surface area contributed by atoms with Gasteiger partial charge in [0.1, 0.15) is 9.83 Å². The first-order chi connectivity index (χ1) is 17.0. The molecule has 5 rings (SSSR count). The lowest BCUT2D eigenvalue weighted by atomic mass is 9.87. The number of benzene rings is 2. The van der Waals surface area contributed by atoms with Crippen LogP contribution in [0.15, 0.2) is 59.6 Å². The van der Waals surface area contributed by atoms with E-state index in [1.165, 1.54) is 26.0 Å². The first kappa shape index (κ1) is 24.1. The van der Waals surface area contributed by atoms with Gasteiger partial charge < -0.3 is 19.1 Å². The monoisotopic (exact) mass is 512 g/mol. The smallest absolute Gasteiger partial charge is 0.339 e. The SMILES string of the molecule is COC(=O)[C@@H]1N(c2ccc(OC)cc2)[C@H](C(=O)OC)S[C@]12SC(c1ccccc1)=NC21CCCC1. The van der Waals surface area contributed by atoms with E-state index in [0.29, 0.717) is 5.75 Å². The first-order valence-corrected chi connectivity index (χ1v) is 13.3. The Morgan fingerprint density at radius 1 is 0.943 bits per heavy atom. The number of hydrogen-bond acceptors (Lipinski definition) is 9. The summed E-state index contributed by atoms with van der Waals surface area (Å²) in [5, 5.41) is 0.168. The van der Waals surface area contributed by atoms with Crippen molar-refractivity contribution in [1.29, 1.82) is 0 Å². The van der Waals surface area contributed by atoms with Crippen LogP contribution in [0.4, 0.5) is 5.69 Å². The van der Waals surface area contributed by atoms with Crippen molar-refractivity contribution in [2.75, 3.05) is 26.2 Å². The molecular formula is C26H28N2O5S2. The van der Waals surface area contributed by atoms with Gasteiger partial charge in [0, 0.05) is 11.3 Å². The molecule has 0 radical (unpaired) electrons. The van der Waals surface area contributed by atoms with Crippen molar-refractivity contribution in [3.8, 4) is 5.75 Å². The summed E-state index contributed by atoms with van der Waals surface area (Å²) in [5.74, 6) is -0.0988. The summed E-state index contributed by atoms with van der Waals surface area (Å²) in [4.78, 5) is 33.9. The second kappa shape index (κ2) is 9.43. The molecule has 0 aromatic heterocycles. The van der Waals surface area contributed by atoms with Crippen LogP contribution < -0.4 is 9.64 Å². The van der Waals surface area contributed by atoms with E-state index in [1.807, 2.05) is 59.5 Å². The molecule has 1 saturated heterocycles. The van der Waals surface area contributed by atoms with E-state index in [-0.39, 0.29) is 5.97 Å². The highest BCUT2D eigenvalue weighted by molar-refractivity contribution is 8.27. The van der Waals surface area contributed by atoms with Crippen LogP contribution in [-0.4, -0.2) is 59.3 Å². The molecule has 0 N–H and O–H groups in total. The highest BCUT2D eigenvalue weighted by atomic mass is 32.2. The van der Waals surface area contributed by atoms with Crippen LogP contribution in [0.2, 0.25) is 0 Å². The van der Waals surface area contributed by atoms with Crippen LogP contribution in [0.25, 0.3) is 0 Å². The Balaban J connectivity index is 1.68. The summed E-state index contributed by atoms with van der Waals surface area (Å²) in [6.07, 6.45) is 3.74. The summed E-state index contributed by atoms with van der Waals surface area (Å²) < 4.78 is 15.2. The van der Waals surface area contributed by atoms with Crippen molar-refractivity contribution < 1.29 is 23.8 Å². The lowest BCUT2D eigenvalue weighted by molar-refractivity contribution is -0.143. The minimum absolute atomic E-state index is 0.386. The van der Waals surface area contributed by atoms with Gasteiger partial charge >= 0.3 is 11.9 Å². The van der Waals surface area contributed by atoms with Crippen molar-refractivity contribution in [3.63, 3.8) is 0 Å². The number of aliphatic imine (C=N–C) groups is 1. The largest absolute Gasteiger partial charge is 0.497 e. The second-order valence-electron chi connectivity index (χ2n) is 8.82. The molecule has 3 atom stereocenters. The number of carbonyl (C=O) groups excluding carboxylic acids is 2.